The molecule has 0 unspecified atom stereocenters. The minimum Gasteiger partial charge on any atom is -0.278 e. The summed E-state index contributed by atoms with van der Waals surface area (Å²) in [4.78, 5) is 9.69. The molecule has 10 heteroatoms. The number of halogens is 2. The molecule has 0 spiro atoms. The van der Waals surface area contributed by atoms with Gasteiger partial charge in [0.2, 0.25) is 9.60 Å². The van der Waals surface area contributed by atoms with Gasteiger partial charge in [0.05, 0.1) is 0 Å². The van der Waals surface area contributed by atoms with E-state index in [2.05, 4.69) is 49.9 Å². The van der Waals surface area contributed by atoms with Gasteiger partial charge in [0, 0.05) is 24.2 Å². The Morgan fingerprint density at radius 3 is 1.56 bits per heavy atom. The minimum atomic E-state index is 0. The first-order valence-electron chi connectivity index (χ1n) is 11.0. The molecule has 0 aliphatic carbocycles. The highest BCUT2D eigenvalue weighted by Gasteiger charge is 2.13. The maximum Gasteiger partial charge on any atom is 0.219 e. The monoisotopic (exact) mass is 516 g/mol. The summed E-state index contributed by atoms with van der Waals surface area (Å²) in [7, 11) is 0. The fourth-order valence-corrected chi connectivity index (χ4v) is 5.10. The van der Waals surface area contributed by atoms with E-state index in [9.17, 15) is 0 Å². The summed E-state index contributed by atoms with van der Waals surface area (Å²) < 4.78 is 4.29. The van der Waals surface area contributed by atoms with Crippen LogP contribution in [0, 0.1) is 10.8 Å². The van der Waals surface area contributed by atoms with Crippen LogP contribution in [0.1, 0.15) is 65.2 Å². The fourth-order valence-electron chi connectivity index (χ4n) is 3.52. The molecule has 32 heavy (non-hydrogen) atoms. The van der Waals surface area contributed by atoms with Gasteiger partial charge in [-0.1, -0.05) is 70.6 Å². The van der Waals surface area contributed by atoms with Crippen molar-refractivity contribution in [1.82, 2.24) is 17.9 Å². The smallest absolute Gasteiger partial charge is 0.219 e. The molecular weight excluding hydrogens is 483 g/mol. The number of hydrogen-bond donors (Lipinski definition) is 2. The molecule has 3 aromatic rings. The Morgan fingerprint density at radius 2 is 1.16 bits per heavy atom. The van der Waals surface area contributed by atoms with Crippen LogP contribution >= 0.6 is 47.9 Å². The zero-order chi connectivity index (χ0) is 21.3. The topological polar surface area (TPSA) is 83.3 Å². The van der Waals surface area contributed by atoms with E-state index >= 15 is 0 Å². The zero-order valence-corrected chi connectivity index (χ0v) is 22.1. The van der Waals surface area contributed by atoms with E-state index in [-0.39, 0.29) is 24.8 Å². The molecule has 2 heterocycles. The molecule has 0 saturated carbocycles. The second-order valence-corrected chi connectivity index (χ2v) is 9.59. The van der Waals surface area contributed by atoms with Crippen LogP contribution < -0.4 is 9.60 Å². The van der Waals surface area contributed by atoms with E-state index in [1.54, 1.807) is 0 Å². The Hall–Kier alpha value is -1.48. The van der Waals surface area contributed by atoms with Gasteiger partial charge in [0.25, 0.3) is 0 Å². The molecule has 2 aromatic heterocycles. The Morgan fingerprint density at radius 1 is 0.719 bits per heavy atom. The summed E-state index contributed by atoms with van der Waals surface area (Å²) in [6.07, 6.45) is 9.56. The van der Waals surface area contributed by atoms with Crippen LogP contribution in [0.25, 0.3) is 22.8 Å². The van der Waals surface area contributed by atoms with E-state index < -0.39 is 0 Å². The van der Waals surface area contributed by atoms with E-state index in [4.69, 9.17) is 10.8 Å². The van der Waals surface area contributed by atoms with E-state index in [0.29, 0.717) is 9.60 Å². The number of nitrogens with one attached hydrogen (secondary N) is 2. The molecule has 6 nitrogen and oxygen atoms in total. The van der Waals surface area contributed by atoms with Crippen molar-refractivity contribution in [3.63, 3.8) is 0 Å². The summed E-state index contributed by atoms with van der Waals surface area (Å²) in [6.45, 7) is 6.24. The van der Waals surface area contributed by atoms with Crippen LogP contribution in [0.2, 0.25) is 0 Å². The highest BCUT2D eigenvalue weighted by atomic mass is 35.5. The fraction of sp³-hybridized carbons (Fsp3) is 0.545. The van der Waals surface area contributed by atoms with Crippen molar-refractivity contribution in [2.75, 3.05) is 0 Å². The predicted octanol–water partition coefficient (Wildman–Crippen LogP) is 6.50. The lowest BCUT2D eigenvalue weighted by Crippen LogP contribution is -2.00. The van der Waals surface area contributed by atoms with Crippen LogP contribution in [-0.4, -0.2) is 17.9 Å². The van der Waals surface area contributed by atoms with Crippen LogP contribution in [-0.2, 0) is 13.1 Å². The van der Waals surface area contributed by atoms with Crippen molar-refractivity contribution in [3.8, 4) is 22.8 Å². The van der Waals surface area contributed by atoms with Crippen molar-refractivity contribution in [3.05, 3.63) is 33.9 Å². The van der Waals surface area contributed by atoms with Crippen LogP contribution in [0.5, 0.6) is 0 Å². The third kappa shape index (κ3) is 7.83. The molecule has 0 atom stereocenters. The van der Waals surface area contributed by atoms with Gasteiger partial charge in [-0.15, -0.1) is 24.8 Å². The molecule has 178 valence electrons. The highest BCUT2D eigenvalue weighted by molar-refractivity contribution is 7.03. The van der Waals surface area contributed by atoms with Gasteiger partial charge in [-0.25, -0.2) is 0 Å². The second kappa shape index (κ2) is 14.6. The number of unbranched alkanes of at least 4 members (excludes halogenated alkanes) is 6. The third-order valence-electron chi connectivity index (χ3n) is 5.09. The first kappa shape index (κ1) is 28.6. The molecule has 0 radical (unpaired) electrons. The molecule has 3 rings (SSSR count). The molecular formula is C22H34Cl2N6S2. The van der Waals surface area contributed by atoms with Gasteiger partial charge in [-0.2, -0.15) is 9.97 Å². The van der Waals surface area contributed by atoms with Gasteiger partial charge in [0.15, 0.2) is 11.6 Å². The number of nitrogens with zero attached hydrogens (tertiary/aromatic N) is 4. The first-order chi connectivity index (χ1) is 14.6. The maximum atomic E-state index is 8.03. The number of benzene rings is 1. The average Bonchev–Trinajstić information content (AvgIpc) is 3.31. The summed E-state index contributed by atoms with van der Waals surface area (Å²) in [6, 6.07) is 8.24. The largest absolute Gasteiger partial charge is 0.278 e. The Balaban J connectivity index is 0.00000256. The Bertz CT molecular complexity index is 974. The van der Waals surface area contributed by atoms with Crippen LogP contribution in [0.15, 0.2) is 24.3 Å². The SMILES string of the molecule is CCCCCCn1sc(=N)nc1-c1cccc(-c2nc(=N)sn2CCCCCC)c1.Cl.Cl. The number of aryl methyl sites for hydroxylation is 2. The predicted molar refractivity (Wildman–Crippen MR) is 139 cm³/mol. The molecule has 0 aliphatic heterocycles. The Kier molecular flexibility index (Phi) is 13.0. The molecule has 2 N–H and O–H groups in total. The van der Waals surface area contributed by atoms with E-state index in [1.165, 1.54) is 61.6 Å². The van der Waals surface area contributed by atoms with Gasteiger partial charge in [-0.05, 0) is 42.0 Å². The number of hydrogen-bond acceptors (Lipinski definition) is 6. The van der Waals surface area contributed by atoms with E-state index in [0.717, 1.165) is 48.7 Å². The molecule has 0 saturated heterocycles. The lowest BCUT2D eigenvalue weighted by Gasteiger charge is -2.09. The summed E-state index contributed by atoms with van der Waals surface area (Å²) in [5, 5.41) is 16.1. The summed E-state index contributed by atoms with van der Waals surface area (Å²) in [5.74, 6) is 1.72. The average molecular weight is 518 g/mol. The molecule has 1 aromatic carbocycles. The highest BCUT2D eigenvalue weighted by Crippen LogP contribution is 2.26. The van der Waals surface area contributed by atoms with Gasteiger partial charge < -0.3 is 0 Å². The molecule has 0 bridgehead atoms. The standard InChI is InChI=1S/C22H32N6S2.2ClH/c1-3-5-7-9-14-27-19(25-21(23)29-27)17-12-11-13-18(16-17)20-26-22(24)30-28(20)15-10-8-6-4-2;;/h11-13,16,23-24H,3-10,14-15H2,1-2H3;2*1H. The Labute approximate surface area is 210 Å². The summed E-state index contributed by atoms with van der Waals surface area (Å²) in [5.41, 5.74) is 2.02. The van der Waals surface area contributed by atoms with Crippen molar-refractivity contribution in [2.24, 2.45) is 0 Å². The number of aromatic nitrogens is 4. The van der Waals surface area contributed by atoms with Crippen molar-refractivity contribution >= 4 is 47.9 Å². The van der Waals surface area contributed by atoms with Gasteiger partial charge in [-0.3, -0.25) is 18.7 Å². The minimum absolute atomic E-state index is 0. The quantitative estimate of drug-likeness (QED) is 0.269. The first-order valence-corrected chi connectivity index (χ1v) is 12.5. The van der Waals surface area contributed by atoms with Crippen molar-refractivity contribution < 1.29 is 0 Å². The van der Waals surface area contributed by atoms with Crippen molar-refractivity contribution in [1.29, 1.82) is 10.8 Å². The van der Waals surface area contributed by atoms with Gasteiger partial charge >= 0.3 is 0 Å². The third-order valence-corrected chi connectivity index (χ3v) is 6.77. The lowest BCUT2D eigenvalue weighted by atomic mass is 10.1. The number of rotatable bonds is 12. The van der Waals surface area contributed by atoms with E-state index in [1.807, 2.05) is 6.07 Å². The molecule has 0 fully saturated rings. The molecule has 0 amide bonds. The summed E-state index contributed by atoms with van der Waals surface area (Å²) >= 11 is 2.83. The maximum absolute atomic E-state index is 8.03. The van der Waals surface area contributed by atoms with Crippen LogP contribution in [0.4, 0.5) is 0 Å². The van der Waals surface area contributed by atoms with Crippen LogP contribution in [0.3, 0.4) is 0 Å². The molecule has 0 aliphatic rings. The van der Waals surface area contributed by atoms with Crippen molar-refractivity contribution in [2.45, 2.75) is 78.3 Å². The van der Waals surface area contributed by atoms with Gasteiger partial charge in [0.1, 0.15) is 0 Å². The normalized spacial score (nSPS) is 10.6. The lowest BCUT2D eigenvalue weighted by molar-refractivity contribution is 0.605. The second-order valence-electron chi connectivity index (χ2n) is 7.57. The zero-order valence-electron chi connectivity index (χ0n) is 18.8.